The Kier molecular flexibility index (Phi) is 3.06. The summed E-state index contributed by atoms with van der Waals surface area (Å²) in [6, 6.07) is -0.152. The van der Waals surface area contributed by atoms with E-state index in [2.05, 4.69) is 4.98 Å². The predicted molar refractivity (Wildman–Crippen MR) is 60.4 cm³/mol. The minimum absolute atomic E-state index is 0.0511. The number of aliphatic hydroxyl groups is 1. The van der Waals surface area contributed by atoms with Crippen LogP contribution < -0.4 is 11.3 Å². The molecular weight excluding hydrogens is 222 g/mol. The van der Waals surface area contributed by atoms with Crippen LogP contribution in [0.5, 0.6) is 0 Å². The first-order chi connectivity index (χ1) is 8.13. The largest absolute Gasteiger partial charge is 0.396 e. The van der Waals surface area contributed by atoms with E-state index in [-0.39, 0.29) is 24.3 Å². The van der Waals surface area contributed by atoms with Crippen LogP contribution in [0.2, 0.25) is 0 Å². The highest BCUT2D eigenvalue weighted by molar-refractivity contribution is 5.90. The standard InChI is InChI=1S/C11H13N3O3/c12-10(16)9-11(17)14(4-3-13-9)8-2-1-7(5-8)6-15/h1-4,7-8,15H,5-6H2,(H2,12,16). The molecule has 3 N–H and O–H groups in total. The average Bonchev–Trinajstić information content (AvgIpc) is 2.77. The van der Waals surface area contributed by atoms with Crippen molar-refractivity contribution in [1.82, 2.24) is 9.55 Å². The highest BCUT2D eigenvalue weighted by Gasteiger charge is 2.22. The number of allylic oxidation sites excluding steroid dienone is 1. The van der Waals surface area contributed by atoms with Crippen molar-refractivity contribution in [3.8, 4) is 0 Å². The number of carbonyl (C=O) groups is 1. The van der Waals surface area contributed by atoms with E-state index in [4.69, 9.17) is 10.8 Å². The Morgan fingerprint density at radius 3 is 2.94 bits per heavy atom. The van der Waals surface area contributed by atoms with Gasteiger partial charge in [0.1, 0.15) is 0 Å². The molecule has 90 valence electrons. The van der Waals surface area contributed by atoms with Gasteiger partial charge in [0.2, 0.25) is 0 Å². The Morgan fingerprint density at radius 2 is 2.35 bits per heavy atom. The lowest BCUT2D eigenvalue weighted by Crippen LogP contribution is -2.32. The van der Waals surface area contributed by atoms with E-state index in [0.29, 0.717) is 6.42 Å². The number of primary amides is 1. The second kappa shape index (κ2) is 4.50. The van der Waals surface area contributed by atoms with Gasteiger partial charge < -0.3 is 15.4 Å². The van der Waals surface area contributed by atoms with Crippen LogP contribution in [0, 0.1) is 5.92 Å². The van der Waals surface area contributed by atoms with E-state index in [1.165, 1.54) is 17.0 Å². The van der Waals surface area contributed by atoms with Crippen LogP contribution in [0.1, 0.15) is 23.0 Å². The first-order valence-electron chi connectivity index (χ1n) is 5.29. The molecule has 1 amide bonds. The average molecular weight is 235 g/mol. The molecule has 2 unspecified atom stereocenters. The molecule has 0 saturated heterocycles. The summed E-state index contributed by atoms with van der Waals surface area (Å²) in [7, 11) is 0. The van der Waals surface area contributed by atoms with E-state index >= 15 is 0 Å². The van der Waals surface area contributed by atoms with Crippen LogP contribution in [0.15, 0.2) is 29.3 Å². The lowest BCUT2D eigenvalue weighted by atomic mass is 10.1. The summed E-state index contributed by atoms with van der Waals surface area (Å²) in [6.45, 7) is 0.0511. The topological polar surface area (TPSA) is 98.2 Å². The minimum Gasteiger partial charge on any atom is -0.396 e. The molecule has 1 aliphatic rings. The van der Waals surface area contributed by atoms with Crippen molar-refractivity contribution < 1.29 is 9.90 Å². The molecule has 0 aliphatic heterocycles. The van der Waals surface area contributed by atoms with E-state index in [9.17, 15) is 9.59 Å². The van der Waals surface area contributed by atoms with Crippen molar-refractivity contribution in [2.75, 3.05) is 6.61 Å². The molecule has 6 heteroatoms. The maximum absolute atomic E-state index is 11.9. The first kappa shape index (κ1) is 11.5. The van der Waals surface area contributed by atoms with Gasteiger partial charge in [-0.25, -0.2) is 4.98 Å². The van der Waals surface area contributed by atoms with Gasteiger partial charge in [0.25, 0.3) is 11.5 Å². The summed E-state index contributed by atoms with van der Waals surface area (Å²) in [5, 5.41) is 9.02. The summed E-state index contributed by atoms with van der Waals surface area (Å²) in [4.78, 5) is 26.6. The van der Waals surface area contributed by atoms with Gasteiger partial charge in [-0.05, 0) is 6.42 Å². The van der Waals surface area contributed by atoms with Crippen molar-refractivity contribution in [2.24, 2.45) is 11.7 Å². The van der Waals surface area contributed by atoms with Gasteiger partial charge in [-0.15, -0.1) is 0 Å². The molecule has 0 bridgehead atoms. The molecule has 1 heterocycles. The number of hydrogen-bond donors (Lipinski definition) is 2. The lowest BCUT2D eigenvalue weighted by molar-refractivity contribution is 0.0993. The normalized spacial score (nSPS) is 22.9. The number of amides is 1. The quantitative estimate of drug-likeness (QED) is 0.687. The summed E-state index contributed by atoms with van der Waals surface area (Å²) in [5.74, 6) is -0.776. The molecule has 17 heavy (non-hydrogen) atoms. The SMILES string of the molecule is NC(=O)c1nccn(C2C=CC(CO)C2)c1=O. The molecule has 0 saturated carbocycles. The Balaban J connectivity index is 2.35. The zero-order valence-electron chi connectivity index (χ0n) is 9.11. The molecule has 6 nitrogen and oxygen atoms in total. The van der Waals surface area contributed by atoms with Crippen molar-refractivity contribution in [2.45, 2.75) is 12.5 Å². The van der Waals surface area contributed by atoms with Crippen LogP contribution in [0.4, 0.5) is 0 Å². The third-order valence-electron chi connectivity index (χ3n) is 2.84. The van der Waals surface area contributed by atoms with Crippen molar-refractivity contribution >= 4 is 5.91 Å². The number of nitrogens with zero attached hydrogens (tertiary/aromatic N) is 2. The van der Waals surface area contributed by atoms with Crippen molar-refractivity contribution in [3.63, 3.8) is 0 Å². The van der Waals surface area contributed by atoms with E-state index < -0.39 is 11.5 Å². The highest BCUT2D eigenvalue weighted by Crippen LogP contribution is 2.25. The molecule has 0 radical (unpaired) electrons. The smallest absolute Gasteiger partial charge is 0.282 e. The van der Waals surface area contributed by atoms with E-state index in [1.54, 1.807) is 0 Å². The maximum atomic E-state index is 11.9. The zero-order chi connectivity index (χ0) is 12.4. The molecule has 1 aliphatic carbocycles. The van der Waals surface area contributed by atoms with Gasteiger partial charge in [0.05, 0.1) is 6.04 Å². The van der Waals surface area contributed by atoms with E-state index in [0.717, 1.165) is 0 Å². The molecule has 0 aromatic carbocycles. The first-order valence-corrected chi connectivity index (χ1v) is 5.29. The molecule has 2 atom stereocenters. The number of aliphatic hydroxyl groups excluding tert-OH is 1. The Hall–Kier alpha value is -1.95. The number of rotatable bonds is 3. The molecular formula is C11H13N3O3. The monoisotopic (exact) mass is 235 g/mol. The Labute approximate surface area is 97.4 Å². The zero-order valence-corrected chi connectivity index (χ0v) is 9.11. The van der Waals surface area contributed by atoms with Crippen LogP contribution in [0.25, 0.3) is 0 Å². The number of aromatic nitrogens is 2. The Bertz CT molecular complexity index is 521. The number of hydrogen-bond acceptors (Lipinski definition) is 4. The van der Waals surface area contributed by atoms with Crippen molar-refractivity contribution in [3.05, 3.63) is 40.6 Å². The second-order valence-corrected chi connectivity index (χ2v) is 3.98. The van der Waals surface area contributed by atoms with Crippen LogP contribution in [-0.4, -0.2) is 27.2 Å². The fraction of sp³-hybridized carbons (Fsp3) is 0.364. The van der Waals surface area contributed by atoms with Gasteiger partial charge in [0, 0.05) is 24.9 Å². The Morgan fingerprint density at radius 1 is 1.59 bits per heavy atom. The lowest BCUT2D eigenvalue weighted by Gasteiger charge is -2.13. The summed E-state index contributed by atoms with van der Waals surface area (Å²) >= 11 is 0. The summed E-state index contributed by atoms with van der Waals surface area (Å²) in [5.41, 5.74) is 4.31. The van der Waals surface area contributed by atoms with Gasteiger partial charge in [0.15, 0.2) is 5.69 Å². The van der Waals surface area contributed by atoms with Gasteiger partial charge >= 0.3 is 0 Å². The van der Waals surface area contributed by atoms with E-state index in [1.807, 2.05) is 12.2 Å². The third-order valence-corrected chi connectivity index (χ3v) is 2.84. The van der Waals surface area contributed by atoms with Crippen LogP contribution >= 0.6 is 0 Å². The van der Waals surface area contributed by atoms with Crippen LogP contribution in [0.3, 0.4) is 0 Å². The fourth-order valence-electron chi connectivity index (χ4n) is 1.95. The predicted octanol–water partition coefficient (Wildman–Crippen LogP) is -0.548. The molecule has 0 fully saturated rings. The minimum atomic E-state index is -0.829. The second-order valence-electron chi connectivity index (χ2n) is 3.98. The van der Waals surface area contributed by atoms with Crippen molar-refractivity contribution in [1.29, 1.82) is 0 Å². The maximum Gasteiger partial charge on any atom is 0.282 e. The summed E-state index contributed by atoms with van der Waals surface area (Å²) in [6.07, 6.45) is 7.23. The number of carbonyl (C=O) groups excluding carboxylic acids is 1. The van der Waals surface area contributed by atoms with Gasteiger partial charge in [-0.3, -0.25) is 9.59 Å². The molecule has 0 spiro atoms. The molecule has 2 rings (SSSR count). The fourth-order valence-corrected chi connectivity index (χ4v) is 1.95. The van der Waals surface area contributed by atoms with Gasteiger partial charge in [-0.1, -0.05) is 12.2 Å². The van der Waals surface area contributed by atoms with Crippen LogP contribution in [-0.2, 0) is 0 Å². The molecule has 1 aromatic rings. The highest BCUT2D eigenvalue weighted by atomic mass is 16.3. The number of nitrogens with two attached hydrogens (primary N) is 1. The third kappa shape index (κ3) is 2.12. The summed E-state index contributed by atoms with van der Waals surface area (Å²) < 4.78 is 1.42. The van der Waals surface area contributed by atoms with Gasteiger partial charge in [-0.2, -0.15) is 0 Å². The molecule has 1 aromatic heterocycles.